The van der Waals surface area contributed by atoms with Crippen LogP contribution in [0.4, 0.5) is 0 Å². The molecule has 1 aliphatic rings. The summed E-state index contributed by atoms with van der Waals surface area (Å²) in [5.41, 5.74) is 0.572. The number of esters is 1. The predicted octanol–water partition coefficient (Wildman–Crippen LogP) is 1.96. The average molecular weight is 329 g/mol. The molecule has 1 fully saturated rings. The van der Waals surface area contributed by atoms with Gasteiger partial charge in [-0.15, -0.1) is 0 Å². The van der Waals surface area contributed by atoms with Gasteiger partial charge in [0.1, 0.15) is 11.7 Å². The largest absolute Gasteiger partial charge is 0.464 e. The third kappa shape index (κ3) is 2.83. The number of hydrogen-bond donors (Lipinski definition) is 0. The van der Waals surface area contributed by atoms with E-state index in [4.69, 9.17) is 4.74 Å². The monoisotopic (exact) mass is 328 g/mol. The van der Waals surface area contributed by atoms with E-state index in [2.05, 4.69) is 15.9 Å². The molecule has 1 aliphatic heterocycles. The first-order valence-electron chi connectivity index (χ1n) is 6.34. The maximum atomic E-state index is 12.5. The van der Waals surface area contributed by atoms with Gasteiger partial charge in [0.15, 0.2) is 0 Å². The molecule has 2 heterocycles. The highest BCUT2D eigenvalue weighted by Crippen LogP contribution is 2.23. The number of rotatable bonds is 3. The molecule has 0 spiro atoms. The summed E-state index contributed by atoms with van der Waals surface area (Å²) >= 11 is 3.35. The molecule has 0 aliphatic carbocycles. The summed E-state index contributed by atoms with van der Waals surface area (Å²) in [7, 11) is 1.81. The molecule has 104 valence electrons. The zero-order valence-electron chi connectivity index (χ0n) is 11.1. The number of halogens is 1. The van der Waals surface area contributed by atoms with Crippen LogP contribution in [0.3, 0.4) is 0 Å². The standard InChI is InChI=1S/C13H17BrN2O3/c1-3-19-13(18)10-5-4-6-16(10)12(17)11-7-9(14)8-15(11)2/h7-8,10H,3-6H2,1-2H3. The van der Waals surface area contributed by atoms with Gasteiger partial charge in [0, 0.05) is 24.3 Å². The minimum atomic E-state index is -0.443. The van der Waals surface area contributed by atoms with Crippen LogP contribution in [0.15, 0.2) is 16.7 Å². The molecule has 2 rings (SSSR count). The smallest absolute Gasteiger partial charge is 0.328 e. The number of nitrogens with zero attached hydrogens (tertiary/aromatic N) is 2. The Hall–Kier alpha value is -1.30. The van der Waals surface area contributed by atoms with E-state index < -0.39 is 6.04 Å². The number of aryl methyl sites for hydroxylation is 1. The fraction of sp³-hybridized carbons (Fsp3) is 0.538. The molecular weight excluding hydrogens is 312 g/mol. The van der Waals surface area contributed by atoms with Crippen molar-refractivity contribution in [3.8, 4) is 0 Å². The van der Waals surface area contributed by atoms with Gasteiger partial charge in [-0.3, -0.25) is 4.79 Å². The maximum Gasteiger partial charge on any atom is 0.328 e. The lowest BCUT2D eigenvalue weighted by Crippen LogP contribution is -2.42. The lowest BCUT2D eigenvalue weighted by atomic mass is 10.2. The molecule has 19 heavy (non-hydrogen) atoms. The number of carbonyl (C=O) groups is 2. The zero-order valence-corrected chi connectivity index (χ0v) is 12.6. The molecule has 0 N–H and O–H groups in total. The predicted molar refractivity (Wildman–Crippen MR) is 73.8 cm³/mol. The van der Waals surface area contributed by atoms with E-state index >= 15 is 0 Å². The van der Waals surface area contributed by atoms with E-state index in [1.165, 1.54) is 0 Å². The van der Waals surface area contributed by atoms with E-state index in [1.54, 1.807) is 22.5 Å². The third-order valence-corrected chi connectivity index (χ3v) is 3.70. The third-order valence-electron chi connectivity index (χ3n) is 3.26. The van der Waals surface area contributed by atoms with Crippen molar-refractivity contribution in [2.45, 2.75) is 25.8 Å². The number of ether oxygens (including phenoxy) is 1. The summed E-state index contributed by atoms with van der Waals surface area (Å²) < 4.78 is 7.64. The first kappa shape index (κ1) is 14.1. The highest BCUT2D eigenvalue weighted by Gasteiger charge is 2.36. The highest BCUT2D eigenvalue weighted by atomic mass is 79.9. The van der Waals surface area contributed by atoms with Crippen LogP contribution in [-0.2, 0) is 16.6 Å². The quantitative estimate of drug-likeness (QED) is 0.797. The Kier molecular flexibility index (Phi) is 4.29. The fourth-order valence-corrected chi connectivity index (χ4v) is 2.90. The van der Waals surface area contributed by atoms with Crippen molar-refractivity contribution in [2.75, 3.05) is 13.2 Å². The van der Waals surface area contributed by atoms with Gasteiger partial charge in [-0.2, -0.15) is 0 Å². The van der Waals surface area contributed by atoms with Crippen LogP contribution in [-0.4, -0.2) is 40.5 Å². The van der Waals surface area contributed by atoms with Crippen molar-refractivity contribution >= 4 is 27.8 Å². The van der Waals surface area contributed by atoms with Crippen molar-refractivity contribution < 1.29 is 14.3 Å². The minimum absolute atomic E-state index is 0.122. The van der Waals surface area contributed by atoms with Gasteiger partial charge in [-0.25, -0.2) is 4.79 Å². The van der Waals surface area contributed by atoms with Gasteiger partial charge in [-0.05, 0) is 41.8 Å². The molecule has 0 saturated carbocycles. The van der Waals surface area contributed by atoms with Gasteiger partial charge in [0.25, 0.3) is 5.91 Å². The van der Waals surface area contributed by atoms with Crippen LogP contribution in [0.5, 0.6) is 0 Å². The summed E-state index contributed by atoms with van der Waals surface area (Å²) in [5.74, 6) is -0.426. The zero-order chi connectivity index (χ0) is 14.0. The Balaban J connectivity index is 2.18. The molecular formula is C13H17BrN2O3. The molecule has 1 aromatic rings. The molecule has 1 atom stereocenters. The van der Waals surface area contributed by atoms with Crippen molar-refractivity contribution in [1.82, 2.24) is 9.47 Å². The molecule has 0 radical (unpaired) electrons. The van der Waals surface area contributed by atoms with Crippen LogP contribution in [0, 0.1) is 0 Å². The van der Waals surface area contributed by atoms with E-state index in [0.717, 1.165) is 10.9 Å². The number of carbonyl (C=O) groups excluding carboxylic acids is 2. The number of likely N-dealkylation sites (tertiary alicyclic amines) is 1. The second-order valence-electron chi connectivity index (χ2n) is 4.56. The summed E-state index contributed by atoms with van der Waals surface area (Å²) in [5, 5.41) is 0. The van der Waals surface area contributed by atoms with E-state index in [9.17, 15) is 9.59 Å². The van der Waals surface area contributed by atoms with Gasteiger partial charge >= 0.3 is 5.97 Å². The van der Waals surface area contributed by atoms with Crippen LogP contribution >= 0.6 is 15.9 Å². The first-order valence-corrected chi connectivity index (χ1v) is 7.13. The molecule has 0 bridgehead atoms. The number of amides is 1. The Bertz CT molecular complexity index is 498. The highest BCUT2D eigenvalue weighted by molar-refractivity contribution is 9.10. The van der Waals surface area contributed by atoms with Crippen molar-refractivity contribution in [3.05, 3.63) is 22.4 Å². The molecule has 1 aromatic heterocycles. The van der Waals surface area contributed by atoms with E-state index in [0.29, 0.717) is 25.3 Å². The second-order valence-corrected chi connectivity index (χ2v) is 5.48. The van der Waals surface area contributed by atoms with Crippen LogP contribution < -0.4 is 0 Å². The average Bonchev–Trinajstić information content (AvgIpc) is 2.95. The number of aromatic nitrogens is 1. The van der Waals surface area contributed by atoms with Gasteiger partial charge < -0.3 is 14.2 Å². The molecule has 1 saturated heterocycles. The van der Waals surface area contributed by atoms with Crippen molar-refractivity contribution in [3.63, 3.8) is 0 Å². The minimum Gasteiger partial charge on any atom is -0.464 e. The topological polar surface area (TPSA) is 51.5 Å². The van der Waals surface area contributed by atoms with Gasteiger partial charge in [0.05, 0.1) is 6.61 Å². The second kappa shape index (κ2) is 5.77. The summed E-state index contributed by atoms with van der Waals surface area (Å²) in [6, 6.07) is 1.32. The Morgan fingerprint density at radius 1 is 1.53 bits per heavy atom. The van der Waals surface area contributed by atoms with Gasteiger partial charge in [0.2, 0.25) is 0 Å². The van der Waals surface area contributed by atoms with Crippen molar-refractivity contribution in [1.29, 1.82) is 0 Å². The SMILES string of the molecule is CCOC(=O)C1CCCN1C(=O)c1cc(Br)cn1C. The summed E-state index contributed by atoms with van der Waals surface area (Å²) in [4.78, 5) is 25.9. The Morgan fingerprint density at radius 3 is 2.84 bits per heavy atom. The molecule has 0 aromatic carbocycles. The summed E-state index contributed by atoms with van der Waals surface area (Å²) in [6.07, 6.45) is 3.33. The fourth-order valence-electron chi connectivity index (χ4n) is 2.38. The first-order chi connectivity index (χ1) is 9.04. The van der Waals surface area contributed by atoms with Crippen LogP contribution in [0.25, 0.3) is 0 Å². The van der Waals surface area contributed by atoms with E-state index in [-0.39, 0.29) is 11.9 Å². The molecule has 1 amide bonds. The lowest BCUT2D eigenvalue weighted by molar-refractivity contribution is -0.147. The summed E-state index contributed by atoms with van der Waals surface area (Å²) in [6.45, 7) is 2.71. The molecule has 6 heteroatoms. The maximum absolute atomic E-state index is 12.5. The molecule has 5 nitrogen and oxygen atoms in total. The molecule has 1 unspecified atom stereocenters. The Morgan fingerprint density at radius 2 is 2.26 bits per heavy atom. The lowest BCUT2D eigenvalue weighted by Gasteiger charge is -2.23. The van der Waals surface area contributed by atoms with Crippen molar-refractivity contribution in [2.24, 2.45) is 7.05 Å². The van der Waals surface area contributed by atoms with E-state index in [1.807, 2.05) is 13.2 Å². The normalized spacial score (nSPS) is 18.7. The van der Waals surface area contributed by atoms with Crippen LogP contribution in [0.2, 0.25) is 0 Å². The Labute approximate surface area is 120 Å². The van der Waals surface area contributed by atoms with Gasteiger partial charge in [-0.1, -0.05) is 0 Å². The van der Waals surface area contributed by atoms with Crippen LogP contribution in [0.1, 0.15) is 30.3 Å². The number of hydrogen-bond acceptors (Lipinski definition) is 3.